The average Bonchev–Trinajstić information content (AvgIpc) is 2.58. The highest BCUT2D eigenvalue weighted by Gasteiger charge is 2.09. The van der Waals surface area contributed by atoms with Crippen molar-refractivity contribution in [1.29, 1.82) is 0 Å². The Labute approximate surface area is 133 Å². The predicted molar refractivity (Wildman–Crippen MR) is 89.2 cm³/mol. The number of allylic oxidation sites excluding steroid dienone is 2. The third-order valence-corrected chi connectivity index (χ3v) is 3.13. The van der Waals surface area contributed by atoms with Gasteiger partial charge in [-0.3, -0.25) is 14.9 Å². The maximum Gasteiger partial charge on any atom is 0.276 e. The second kappa shape index (κ2) is 7.70. The van der Waals surface area contributed by atoms with Crippen molar-refractivity contribution in [2.24, 2.45) is 0 Å². The second-order valence-corrected chi connectivity index (χ2v) is 4.63. The quantitative estimate of drug-likeness (QED) is 0.461. The number of methoxy groups -OCH3 is 1. The zero-order valence-corrected chi connectivity index (χ0v) is 12.5. The number of nitrogens with zero attached hydrogens (tertiary/aromatic N) is 1. The molecule has 0 amide bonds. The van der Waals surface area contributed by atoms with E-state index in [4.69, 9.17) is 4.74 Å². The van der Waals surface area contributed by atoms with Gasteiger partial charge >= 0.3 is 0 Å². The van der Waals surface area contributed by atoms with E-state index in [0.717, 1.165) is 5.56 Å². The summed E-state index contributed by atoms with van der Waals surface area (Å²) >= 11 is 0. The van der Waals surface area contributed by atoms with Gasteiger partial charge in [-0.25, -0.2) is 0 Å². The number of benzene rings is 2. The summed E-state index contributed by atoms with van der Waals surface area (Å²) in [6.07, 6.45) is 5.77. The summed E-state index contributed by atoms with van der Waals surface area (Å²) in [7, 11) is 1.56. The molecule has 23 heavy (non-hydrogen) atoms. The van der Waals surface area contributed by atoms with Crippen LogP contribution in [0.1, 0.15) is 11.1 Å². The van der Waals surface area contributed by atoms with Gasteiger partial charge in [0.2, 0.25) is 0 Å². The van der Waals surface area contributed by atoms with E-state index < -0.39 is 4.92 Å². The van der Waals surface area contributed by atoms with E-state index in [2.05, 4.69) is 0 Å². The van der Waals surface area contributed by atoms with E-state index in [0.29, 0.717) is 11.3 Å². The van der Waals surface area contributed by atoms with Gasteiger partial charge in [-0.1, -0.05) is 30.3 Å². The average molecular weight is 309 g/mol. The largest absolute Gasteiger partial charge is 0.496 e. The molecule has 116 valence electrons. The summed E-state index contributed by atoms with van der Waals surface area (Å²) in [5.74, 6) is 0.397. The Morgan fingerprint density at radius 2 is 1.57 bits per heavy atom. The van der Waals surface area contributed by atoms with Gasteiger partial charge in [0.15, 0.2) is 5.78 Å². The zero-order chi connectivity index (χ0) is 16.7. The highest BCUT2D eigenvalue weighted by Crippen LogP contribution is 2.20. The van der Waals surface area contributed by atoms with E-state index >= 15 is 0 Å². The first kappa shape index (κ1) is 16.2. The van der Waals surface area contributed by atoms with Crippen LogP contribution in [0.2, 0.25) is 0 Å². The SMILES string of the molecule is COc1ccccc1/C=C/C(=O)/C=C/c1ccccc1[N+](=O)[O-]. The third-order valence-electron chi connectivity index (χ3n) is 3.13. The Kier molecular flexibility index (Phi) is 5.41. The fourth-order valence-electron chi connectivity index (χ4n) is 2.00. The van der Waals surface area contributed by atoms with Gasteiger partial charge in [-0.05, 0) is 36.4 Å². The molecule has 2 aromatic rings. The fraction of sp³-hybridized carbons (Fsp3) is 0.0556. The molecule has 2 rings (SSSR count). The van der Waals surface area contributed by atoms with Crippen molar-refractivity contribution in [3.8, 4) is 5.75 Å². The lowest BCUT2D eigenvalue weighted by Crippen LogP contribution is -1.92. The van der Waals surface area contributed by atoms with E-state index in [1.54, 1.807) is 37.5 Å². The number of carbonyl (C=O) groups excluding carboxylic acids is 1. The molecule has 0 aromatic heterocycles. The molecule has 0 fully saturated rings. The molecule has 0 N–H and O–H groups in total. The fourth-order valence-corrected chi connectivity index (χ4v) is 2.00. The number of hydrogen-bond donors (Lipinski definition) is 0. The van der Waals surface area contributed by atoms with Gasteiger partial charge in [-0.2, -0.15) is 0 Å². The zero-order valence-electron chi connectivity index (χ0n) is 12.5. The van der Waals surface area contributed by atoms with Crippen LogP contribution in [0, 0.1) is 10.1 Å². The Balaban J connectivity index is 2.14. The predicted octanol–water partition coefficient (Wildman–Crippen LogP) is 3.90. The van der Waals surface area contributed by atoms with Crippen LogP contribution in [0.5, 0.6) is 5.75 Å². The summed E-state index contributed by atoms with van der Waals surface area (Å²) in [6.45, 7) is 0. The summed E-state index contributed by atoms with van der Waals surface area (Å²) in [5, 5.41) is 10.9. The Hall–Kier alpha value is -3.21. The van der Waals surface area contributed by atoms with Crippen LogP contribution in [0.4, 0.5) is 5.69 Å². The molecule has 0 heterocycles. The first-order chi connectivity index (χ1) is 11.1. The first-order valence-corrected chi connectivity index (χ1v) is 6.88. The Morgan fingerprint density at radius 1 is 1.00 bits per heavy atom. The molecular weight excluding hydrogens is 294 g/mol. The molecule has 0 radical (unpaired) electrons. The molecule has 0 atom stereocenters. The molecule has 5 heteroatoms. The van der Waals surface area contributed by atoms with Crippen molar-refractivity contribution in [2.75, 3.05) is 7.11 Å². The lowest BCUT2D eigenvalue weighted by atomic mass is 10.1. The molecule has 0 aliphatic heterocycles. The van der Waals surface area contributed by atoms with Gasteiger partial charge in [-0.15, -0.1) is 0 Å². The molecule has 0 bridgehead atoms. The maximum atomic E-state index is 11.9. The highest BCUT2D eigenvalue weighted by molar-refractivity contribution is 6.04. The number of hydrogen-bond acceptors (Lipinski definition) is 4. The van der Waals surface area contributed by atoms with Gasteiger partial charge in [0, 0.05) is 11.6 Å². The number of ether oxygens (including phenoxy) is 1. The summed E-state index contributed by atoms with van der Waals surface area (Å²) < 4.78 is 5.19. The van der Waals surface area contributed by atoms with Crippen LogP contribution in [0.15, 0.2) is 60.7 Å². The number of nitro groups is 1. The summed E-state index contributed by atoms with van der Waals surface area (Å²) in [4.78, 5) is 22.3. The number of carbonyl (C=O) groups is 1. The minimum atomic E-state index is -0.477. The van der Waals surface area contributed by atoms with E-state index in [1.165, 1.54) is 24.3 Å². The van der Waals surface area contributed by atoms with E-state index in [1.807, 2.05) is 18.2 Å². The Bertz CT molecular complexity index is 778. The molecule has 0 saturated heterocycles. The second-order valence-electron chi connectivity index (χ2n) is 4.63. The van der Waals surface area contributed by atoms with E-state index in [-0.39, 0.29) is 11.5 Å². The van der Waals surface area contributed by atoms with Crippen LogP contribution in [0.25, 0.3) is 12.2 Å². The Morgan fingerprint density at radius 3 is 2.22 bits per heavy atom. The lowest BCUT2D eigenvalue weighted by Gasteiger charge is -2.02. The first-order valence-electron chi connectivity index (χ1n) is 6.88. The van der Waals surface area contributed by atoms with Gasteiger partial charge < -0.3 is 4.74 Å². The molecule has 2 aromatic carbocycles. The molecule has 0 saturated carbocycles. The monoisotopic (exact) mass is 309 g/mol. The van der Waals surface area contributed by atoms with Crippen LogP contribution < -0.4 is 4.74 Å². The number of para-hydroxylation sites is 2. The van der Waals surface area contributed by atoms with Crippen molar-refractivity contribution < 1.29 is 14.5 Å². The van der Waals surface area contributed by atoms with Gasteiger partial charge in [0.1, 0.15) is 5.75 Å². The minimum absolute atomic E-state index is 0.0368. The third kappa shape index (κ3) is 4.38. The molecule has 0 aliphatic rings. The number of ketones is 1. The van der Waals surface area contributed by atoms with Gasteiger partial charge in [0.25, 0.3) is 5.69 Å². The highest BCUT2D eigenvalue weighted by atomic mass is 16.6. The van der Waals surface area contributed by atoms with Crippen molar-refractivity contribution in [3.05, 3.63) is 81.9 Å². The van der Waals surface area contributed by atoms with Crippen LogP contribution in [0.3, 0.4) is 0 Å². The standard InChI is InChI=1S/C18H15NO4/c1-23-18-9-5-3-7-15(18)11-13-16(20)12-10-14-6-2-4-8-17(14)19(21)22/h2-13H,1H3/b12-10+,13-11+. The maximum absolute atomic E-state index is 11.9. The van der Waals surface area contributed by atoms with Crippen molar-refractivity contribution in [1.82, 2.24) is 0 Å². The van der Waals surface area contributed by atoms with Crippen LogP contribution in [-0.2, 0) is 4.79 Å². The van der Waals surface area contributed by atoms with Crippen molar-refractivity contribution >= 4 is 23.6 Å². The summed E-state index contributed by atoms with van der Waals surface area (Å²) in [5.41, 5.74) is 1.13. The number of rotatable bonds is 6. The molecule has 5 nitrogen and oxygen atoms in total. The lowest BCUT2D eigenvalue weighted by molar-refractivity contribution is -0.385. The molecule has 0 unspecified atom stereocenters. The molecule has 0 spiro atoms. The topological polar surface area (TPSA) is 69.4 Å². The molecule has 0 aliphatic carbocycles. The van der Waals surface area contributed by atoms with Crippen molar-refractivity contribution in [2.45, 2.75) is 0 Å². The summed E-state index contributed by atoms with van der Waals surface area (Å²) in [6, 6.07) is 13.6. The van der Waals surface area contributed by atoms with Crippen molar-refractivity contribution in [3.63, 3.8) is 0 Å². The molecular formula is C18H15NO4. The van der Waals surface area contributed by atoms with E-state index in [9.17, 15) is 14.9 Å². The van der Waals surface area contributed by atoms with Crippen LogP contribution in [-0.4, -0.2) is 17.8 Å². The number of nitro benzene ring substituents is 1. The minimum Gasteiger partial charge on any atom is -0.496 e. The smallest absolute Gasteiger partial charge is 0.276 e. The van der Waals surface area contributed by atoms with Crippen LogP contribution >= 0.6 is 0 Å². The normalized spacial score (nSPS) is 11.0. The van der Waals surface area contributed by atoms with Gasteiger partial charge in [0.05, 0.1) is 17.6 Å².